The van der Waals surface area contributed by atoms with E-state index in [2.05, 4.69) is 13.8 Å². The molecule has 5 heteroatoms. The molecule has 1 rings (SSSR count). The second kappa shape index (κ2) is 7.36. The fourth-order valence-corrected chi connectivity index (χ4v) is 2.61. The van der Waals surface area contributed by atoms with Crippen LogP contribution in [0.1, 0.15) is 46.0 Å². The summed E-state index contributed by atoms with van der Waals surface area (Å²) in [6, 6.07) is -0.0439. The first-order valence-corrected chi connectivity index (χ1v) is 7.19. The van der Waals surface area contributed by atoms with Crippen molar-refractivity contribution in [2.75, 3.05) is 20.1 Å². The summed E-state index contributed by atoms with van der Waals surface area (Å²) in [6.45, 7) is 4.68. The molecule has 0 aromatic carbocycles. The molecule has 0 bridgehead atoms. The summed E-state index contributed by atoms with van der Waals surface area (Å²) in [7, 11) is 1.76. The van der Waals surface area contributed by atoms with Crippen molar-refractivity contribution < 1.29 is 14.7 Å². The van der Waals surface area contributed by atoms with E-state index in [9.17, 15) is 9.59 Å². The number of carboxylic acid groups (broad SMARTS) is 1. The number of aliphatic carboxylic acids is 1. The minimum absolute atomic E-state index is 0.1000. The SMILES string of the molecule is CCC(C)CN(C)C(=O)N(CC(=O)O)C1CCCC1. The van der Waals surface area contributed by atoms with Crippen LogP contribution in [0.5, 0.6) is 0 Å². The second-order valence-corrected chi connectivity index (χ2v) is 5.64. The molecule has 5 nitrogen and oxygen atoms in total. The molecule has 0 aliphatic heterocycles. The Hall–Kier alpha value is -1.26. The molecular weight excluding hydrogens is 244 g/mol. The molecule has 0 heterocycles. The Labute approximate surface area is 115 Å². The molecule has 0 aromatic rings. The molecule has 19 heavy (non-hydrogen) atoms. The van der Waals surface area contributed by atoms with Crippen LogP contribution in [0, 0.1) is 5.92 Å². The molecule has 1 aliphatic carbocycles. The molecule has 110 valence electrons. The minimum atomic E-state index is -0.933. The average molecular weight is 270 g/mol. The summed E-state index contributed by atoms with van der Waals surface area (Å²) in [4.78, 5) is 26.6. The lowest BCUT2D eigenvalue weighted by Gasteiger charge is -2.32. The number of nitrogens with zero attached hydrogens (tertiary/aromatic N) is 2. The molecular formula is C14H26N2O3. The van der Waals surface area contributed by atoms with E-state index < -0.39 is 5.97 Å². The minimum Gasteiger partial charge on any atom is -0.480 e. The highest BCUT2D eigenvalue weighted by atomic mass is 16.4. The Kier molecular flexibility index (Phi) is 6.12. The number of urea groups is 1. The van der Waals surface area contributed by atoms with E-state index in [1.165, 1.54) is 4.90 Å². The van der Waals surface area contributed by atoms with E-state index in [-0.39, 0.29) is 18.6 Å². The van der Waals surface area contributed by atoms with Crippen LogP contribution in [-0.4, -0.2) is 53.1 Å². The molecule has 1 aliphatic rings. The van der Waals surface area contributed by atoms with Gasteiger partial charge in [0, 0.05) is 19.6 Å². The van der Waals surface area contributed by atoms with Crippen LogP contribution in [-0.2, 0) is 4.79 Å². The fraction of sp³-hybridized carbons (Fsp3) is 0.857. The molecule has 0 spiro atoms. The zero-order valence-corrected chi connectivity index (χ0v) is 12.3. The Balaban J connectivity index is 2.67. The first-order chi connectivity index (χ1) is 8.95. The van der Waals surface area contributed by atoms with Crippen LogP contribution < -0.4 is 0 Å². The summed E-state index contributed by atoms with van der Waals surface area (Å²) < 4.78 is 0. The quantitative estimate of drug-likeness (QED) is 0.806. The van der Waals surface area contributed by atoms with Gasteiger partial charge in [-0.2, -0.15) is 0 Å². The molecule has 0 aromatic heterocycles. The molecule has 2 amide bonds. The van der Waals surface area contributed by atoms with Crippen LogP contribution >= 0.6 is 0 Å². The van der Waals surface area contributed by atoms with E-state index in [4.69, 9.17) is 5.11 Å². The molecule has 1 saturated carbocycles. The molecule has 1 fully saturated rings. The van der Waals surface area contributed by atoms with Gasteiger partial charge in [-0.3, -0.25) is 4.79 Å². The van der Waals surface area contributed by atoms with Crippen LogP contribution in [0.25, 0.3) is 0 Å². The number of carboxylic acids is 1. The van der Waals surface area contributed by atoms with E-state index in [0.717, 1.165) is 32.1 Å². The third-order valence-corrected chi connectivity index (χ3v) is 3.93. The summed E-state index contributed by atoms with van der Waals surface area (Å²) in [5.74, 6) is -0.499. The van der Waals surface area contributed by atoms with Gasteiger partial charge in [0.25, 0.3) is 0 Å². The first-order valence-electron chi connectivity index (χ1n) is 7.19. The highest BCUT2D eigenvalue weighted by Crippen LogP contribution is 2.24. The Morgan fingerprint density at radius 1 is 1.32 bits per heavy atom. The summed E-state index contributed by atoms with van der Waals surface area (Å²) in [5, 5.41) is 8.99. The van der Waals surface area contributed by atoms with E-state index in [1.54, 1.807) is 11.9 Å². The maximum Gasteiger partial charge on any atom is 0.323 e. The van der Waals surface area contributed by atoms with Gasteiger partial charge in [0.15, 0.2) is 0 Å². The summed E-state index contributed by atoms with van der Waals surface area (Å²) >= 11 is 0. The predicted molar refractivity (Wildman–Crippen MR) is 74.1 cm³/mol. The van der Waals surface area contributed by atoms with Gasteiger partial charge in [-0.1, -0.05) is 33.1 Å². The van der Waals surface area contributed by atoms with Crippen molar-refractivity contribution in [2.24, 2.45) is 5.92 Å². The smallest absolute Gasteiger partial charge is 0.323 e. The Bertz CT molecular complexity index is 314. The van der Waals surface area contributed by atoms with Gasteiger partial charge >= 0.3 is 12.0 Å². The second-order valence-electron chi connectivity index (χ2n) is 5.64. The van der Waals surface area contributed by atoms with E-state index >= 15 is 0 Å². The van der Waals surface area contributed by atoms with Crippen LogP contribution in [0.4, 0.5) is 4.79 Å². The number of rotatable bonds is 6. The third kappa shape index (κ3) is 4.73. The molecule has 1 atom stereocenters. The number of amides is 2. The molecule has 0 radical (unpaired) electrons. The number of hydrogen-bond donors (Lipinski definition) is 1. The number of carbonyl (C=O) groups excluding carboxylic acids is 1. The zero-order valence-electron chi connectivity index (χ0n) is 12.3. The van der Waals surface area contributed by atoms with Crippen molar-refractivity contribution in [1.29, 1.82) is 0 Å². The molecule has 0 saturated heterocycles. The van der Waals surface area contributed by atoms with Gasteiger partial charge in [-0.05, 0) is 18.8 Å². The van der Waals surface area contributed by atoms with Crippen molar-refractivity contribution in [3.8, 4) is 0 Å². The Morgan fingerprint density at radius 3 is 2.37 bits per heavy atom. The lowest BCUT2D eigenvalue weighted by molar-refractivity contribution is -0.138. The van der Waals surface area contributed by atoms with Crippen molar-refractivity contribution in [2.45, 2.75) is 52.0 Å². The maximum absolute atomic E-state index is 12.4. The molecule has 1 unspecified atom stereocenters. The number of carbonyl (C=O) groups is 2. The van der Waals surface area contributed by atoms with Crippen molar-refractivity contribution in [1.82, 2.24) is 9.80 Å². The summed E-state index contributed by atoms with van der Waals surface area (Å²) in [6.07, 6.45) is 5.04. The lowest BCUT2D eigenvalue weighted by Crippen LogP contribution is -2.49. The normalized spacial score (nSPS) is 17.2. The largest absolute Gasteiger partial charge is 0.480 e. The topological polar surface area (TPSA) is 60.9 Å². The van der Waals surface area contributed by atoms with Gasteiger partial charge in [0.2, 0.25) is 0 Å². The zero-order chi connectivity index (χ0) is 14.4. The Morgan fingerprint density at radius 2 is 1.89 bits per heavy atom. The van der Waals surface area contributed by atoms with E-state index in [0.29, 0.717) is 12.5 Å². The highest BCUT2D eigenvalue weighted by Gasteiger charge is 2.30. The van der Waals surface area contributed by atoms with Crippen molar-refractivity contribution in [3.63, 3.8) is 0 Å². The first kappa shape index (κ1) is 15.8. The van der Waals surface area contributed by atoms with Crippen LogP contribution in [0.15, 0.2) is 0 Å². The highest BCUT2D eigenvalue weighted by molar-refractivity contribution is 5.80. The third-order valence-electron chi connectivity index (χ3n) is 3.93. The maximum atomic E-state index is 12.4. The van der Waals surface area contributed by atoms with Crippen molar-refractivity contribution >= 4 is 12.0 Å². The fourth-order valence-electron chi connectivity index (χ4n) is 2.61. The van der Waals surface area contributed by atoms with Crippen molar-refractivity contribution in [3.05, 3.63) is 0 Å². The standard InChI is InChI=1S/C14H26N2O3/c1-4-11(2)9-15(3)14(19)16(10-13(17)18)12-7-5-6-8-12/h11-12H,4-10H2,1-3H3,(H,17,18). The van der Waals surface area contributed by atoms with Gasteiger partial charge in [0.05, 0.1) is 0 Å². The molecule has 1 N–H and O–H groups in total. The van der Waals surface area contributed by atoms with Gasteiger partial charge in [0.1, 0.15) is 6.54 Å². The number of hydrogen-bond acceptors (Lipinski definition) is 2. The van der Waals surface area contributed by atoms with Gasteiger partial charge < -0.3 is 14.9 Å². The van der Waals surface area contributed by atoms with Crippen LogP contribution in [0.2, 0.25) is 0 Å². The lowest BCUT2D eigenvalue weighted by atomic mass is 10.1. The van der Waals surface area contributed by atoms with E-state index in [1.807, 2.05) is 0 Å². The van der Waals surface area contributed by atoms with Gasteiger partial charge in [-0.15, -0.1) is 0 Å². The predicted octanol–water partition coefficient (Wildman–Crippen LogP) is 2.41. The van der Waals surface area contributed by atoms with Crippen LogP contribution in [0.3, 0.4) is 0 Å². The monoisotopic (exact) mass is 270 g/mol. The van der Waals surface area contributed by atoms with Gasteiger partial charge in [-0.25, -0.2) is 4.79 Å². The average Bonchev–Trinajstić information content (AvgIpc) is 2.88. The summed E-state index contributed by atoms with van der Waals surface area (Å²) in [5.41, 5.74) is 0.